The zero-order valence-corrected chi connectivity index (χ0v) is 14.5. The number of nitrogens with two attached hydrogens (primary N) is 1. The van der Waals surface area contributed by atoms with Gasteiger partial charge in [-0.15, -0.1) is 11.3 Å². The number of hydrogen-bond donors (Lipinski definition) is 1. The van der Waals surface area contributed by atoms with E-state index >= 15 is 0 Å². The average Bonchev–Trinajstić information content (AvgIpc) is 2.67. The van der Waals surface area contributed by atoms with Gasteiger partial charge in [0.05, 0.1) is 25.9 Å². The Morgan fingerprint density at radius 2 is 2.00 bits per heavy atom. The standard InChI is InChI=1S/C13H14Br2N2OS/c1-7(2)18-9-3-8(5-17-6-9)12(16)10-4-11(14)19-13(10)15/h3-7,12H,16H2,1-2H3. The Morgan fingerprint density at radius 1 is 1.26 bits per heavy atom. The van der Waals surface area contributed by atoms with Crippen LogP contribution >= 0.6 is 43.2 Å². The van der Waals surface area contributed by atoms with Gasteiger partial charge < -0.3 is 10.5 Å². The predicted octanol–water partition coefficient (Wildman–Crippen LogP) is 4.50. The first-order valence-electron chi connectivity index (χ1n) is 5.79. The molecule has 0 aliphatic rings. The van der Waals surface area contributed by atoms with E-state index in [1.807, 2.05) is 26.0 Å². The van der Waals surface area contributed by atoms with Gasteiger partial charge in [0, 0.05) is 6.20 Å². The molecule has 0 aromatic carbocycles. The first-order valence-corrected chi connectivity index (χ1v) is 8.19. The van der Waals surface area contributed by atoms with Crippen LogP contribution in [0, 0.1) is 0 Å². The van der Waals surface area contributed by atoms with Crippen molar-refractivity contribution < 1.29 is 4.74 Å². The van der Waals surface area contributed by atoms with Crippen LogP contribution in [0.4, 0.5) is 0 Å². The number of nitrogens with zero attached hydrogens (tertiary/aromatic N) is 1. The highest BCUT2D eigenvalue weighted by molar-refractivity contribution is 9.12. The molecule has 0 fully saturated rings. The van der Waals surface area contributed by atoms with Crippen molar-refractivity contribution in [3.8, 4) is 5.75 Å². The van der Waals surface area contributed by atoms with Gasteiger partial charge in [0.1, 0.15) is 5.75 Å². The van der Waals surface area contributed by atoms with Crippen LogP contribution in [0.15, 0.2) is 32.1 Å². The summed E-state index contributed by atoms with van der Waals surface area (Å²) in [4.78, 5) is 4.19. The molecular weight excluding hydrogens is 392 g/mol. The highest BCUT2D eigenvalue weighted by Gasteiger charge is 2.16. The van der Waals surface area contributed by atoms with Gasteiger partial charge in [-0.25, -0.2) is 0 Å². The number of hydrogen-bond acceptors (Lipinski definition) is 4. The number of pyridine rings is 1. The summed E-state index contributed by atoms with van der Waals surface area (Å²) in [6.07, 6.45) is 3.60. The van der Waals surface area contributed by atoms with Crippen LogP contribution in [-0.2, 0) is 0 Å². The van der Waals surface area contributed by atoms with E-state index in [0.29, 0.717) is 0 Å². The molecule has 0 aliphatic carbocycles. The van der Waals surface area contributed by atoms with Gasteiger partial charge in [-0.2, -0.15) is 0 Å². The number of halogens is 2. The zero-order chi connectivity index (χ0) is 14.0. The highest BCUT2D eigenvalue weighted by atomic mass is 79.9. The van der Waals surface area contributed by atoms with Crippen LogP contribution in [0.25, 0.3) is 0 Å². The predicted molar refractivity (Wildman–Crippen MR) is 85.8 cm³/mol. The molecule has 1 unspecified atom stereocenters. The Hall–Kier alpha value is -0.430. The maximum absolute atomic E-state index is 6.29. The first-order chi connectivity index (χ1) is 8.97. The van der Waals surface area contributed by atoms with E-state index in [2.05, 4.69) is 36.8 Å². The maximum atomic E-state index is 6.29. The van der Waals surface area contributed by atoms with Crippen molar-refractivity contribution in [1.82, 2.24) is 4.98 Å². The van der Waals surface area contributed by atoms with Gasteiger partial charge in [-0.3, -0.25) is 4.98 Å². The molecule has 0 amide bonds. The minimum absolute atomic E-state index is 0.121. The van der Waals surface area contributed by atoms with Crippen LogP contribution in [0.1, 0.15) is 31.0 Å². The Balaban J connectivity index is 2.28. The van der Waals surface area contributed by atoms with E-state index < -0.39 is 0 Å². The maximum Gasteiger partial charge on any atom is 0.138 e. The average molecular weight is 406 g/mol. The molecule has 2 rings (SSSR count). The lowest BCUT2D eigenvalue weighted by Gasteiger charge is -2.14. The molecule has 0 spiro atoms. The zero-order valence-electron chi connectivity index (χ0n) is 10.6. The Morgan fingerprint density at radius 3 is 2.58 bits per heavy atom. The fourth-order valence-corrected chi connectivity index (χ4v) is 4.62. The lowest BCUT2D eigenvalue weighted by Crippen LogP contribution is -2.13. The second-order valence-corrected chi connectivity index (χ2v) is 8.13. The second-order valence-electron chi connectivity index (χ2n) is 4.38. The third-order valence-corrected chi connectivity index (χ3v) is 4.87. The molecule has 2 aromatic rings. The largest absolute Gasteiger partial charge is 0.489 e. The summed E-state index contributed by atoms with van der Waals surface area (Å²) in [5.41, 5.74) is 8.27. The highest BCUT2D eigenvalue weighted by Crippen LogP contribution is 2.37. The van der Waals surface area contributed by atoms with E-state index in [4.69, 9.17) is 10.5 Å². The summed E-state index contributed by atoms with van der Waals surface area (Å²) in [5.74, 6) is 0.744. The van der Waals surface area contributed by atoms with Crippen LogP contribution in [-0.4, -0.2) is 11.1 Å². The molecule has 0 saturated carbocycles. The van der Waals surface area contributed by atoms with E-state index in [9.17, 15) is 0 Å². The Labute approximate surface area is 133 Å². The molecule has 1 atom stereocenters. The van der Waals surface area contributed by atoms with Crippen LogP contribution < -0.4 is 10.5 Å². The molecule has 3 nitrogen and oxygen atoms in total. The SMILES string of the molecule is CC(C)Oc1cncc(C(N)c2cc(Br)sc2Br)c1. The number of aromatic nitrogens is 1. The van der Waals surface area contributed by atoms with Crippen molar-refractivity contribution in [3.63, 3.8) is 0 Å². The summed E-state index contributed by atoms with van der Waals surface area (Å²) in [6.45, 7) is 3.97. The van der Waals surface area contributed by atoms with Gasteiger partial charge in [-0.05, 0) is 69.0 Å². The molecule has 0 bridgehead atoms. The molecule has 19 heavy (non-hydrogen) atoms. The normalized spacial score (nSPS) is 12.7. The monoisotopic (exact) mass is 404 g/mol. The van der Waals surface area contributed by atoms with Crippen molar-refractivity contribution >= 4 is 43.2 Å². The minimum atomic E-state index is -0.222. The third kappa shape index (κ3) is 3.78. The van der Waals surface area contributed by atoms with Crippen LogP contribution in [0.3, 0.4) is 0 Å². The van der Waals surface area contributed by atoms with Gasteiger partial charge in [0.2, 0.25) is 0 Å². The molecule has 102 valence electrons. The molecule has 0 aliphatic heterocycles. The lowest BCUT2D eigenvalue weighted by molar-refractivity contribution is 0.241. The Kier molecular flexibility index (Phi) is 5.00. The summed E-state index contributed by atoms with van der Waals surface area (Å²) in [6, 6.07) is 3.74. The fourth-order valence-electron chi connectivity index (χ4n) is 1.69. The van der Waals surface area contributed by atoms with E-state index in [-0.39, 0.29) is 12.1 Å². The summed E-state index contributed by atoms with van der Waals surface area (Å²) < 4.78 is 7.72. The second kappa shape index (κ2) is 6.35. The first kappa shape index (κ1) is 15.0. The van der Waals surface area contributed by atoms with Crippen molar-refractivity contribution in [2.45, 2.75) is 26.0 Å². The fraction of sp³-hybridized carbons (Fsp3) is 0.308. The van der Waals surface area contributed by atoms with Crippen LogP contribution in [0.5, 0.6) is 5.75 Å². The minimum Gasteiger partial charge on any atom is -0.489 e. The van der Waals surface area contributed by atoms with E-state index in [1.54, 1.807) is 23.7 Å². The molecule has 0 radical (unpaired) electrons. The molecule has 2 aromatic heterocycles. The molecule has 2 heterocycles. The topological polar surface area (TPSA) is 48.1 Å². The third-order valence-electron chi connectivity index (χ3n) is 2.48. The summed E-state index contributed by atoms with van der Waals surface area (Å²) >= 11 is 8.60. The van der Waals surface area contributed by atoms with Gasteiger partial charge in [0.15, 0.2) is 0 Å². The van der Waals surface area contributed by atoms with E-state index in [0.717, 1.165) is 24.4 Å². The summed E-state index contributed by atoms with van der Waals surface area (Å²) in [5, 5.41) is 0. The number of thiophene rings is 1. The smallest absolute Gasteiger partial charge is 0.138 e. The van der Waals surface area contributed by atoms with Gasteiger partial charge in [0.25, 0.3) is 0 Å². The van der Waals surface area contributed by atoms with Gasteiger partial charge >= 0.3 is 0 Å². The quantitative estimate of drug-likeness (QED) is 0.814. The van der Waals surface area contributed by atoms with E-state index in [1.165, 1.54) is 0 Å². The van der Waals surface area contributed by atoms with Crippen LogP contribution in [0.2, 0.25) is 0 Å². The Bertz CT molecular complexity index is 572. The number of ether oxygens (including phenoxy) is 1. The molecule has 0 saturated heterocycles. The van der Waals surface area contributed by atoms with Crippen molar-refractivity contribution in [2.75, 3.05) is 0 Å². The van der Waals surface area contributed by atoms with Crippen molar-refractivity contribution in [1.29, 1.82) is 0 Å². The summed E-state index contributed by atoms with van der Waals surface area (Å²) in [7, 11) is 0. The molecule has 6 heteroatoms. The van der Waals surface area contributed by atoms with Gasteiger partial charge in [-0.1, -0.05) is 0 Å². The molecule has 2 N–H and O–H groups in total. The van der Waals surface area contributed by atoms with Crippen molar-refractivity contribution in [2.24, 2.45) is 5.73 Å². The van der Waals surface area contributed by atoms with Crippen molar-refractivity contribution in [3.05, 3.63) is 43.2 Å². The molecular formula is C13H14Br2N2OS. The number of rotatable bonds is 4. The lowest BCUT2D eigenvalue weighted by atomic mass is 10.0.